The van der Waals surface area contributed by atoms with Crippen molar-refractivity contribution in [2.75, 3.05) is 13.2 Å². The molecule has 2 heterocycles. The molecule has 0 aliphatic rings. The maximum Gasteiger partial charge on any atom is 0.331 e. The second kappa shape index (κ2) is 9.72. The van der Waals surface area contributed by atoms with Gasteiger partial charge < -0.3 is 19.9 Å². The van der Waals surface area contributed by atoms with E-state index in [1.54, 1.807) is 19.9 Å². The Bertz CT molecular complexity index is 925. The molecule has 0 radical (unpaired) electrons. The average molecular weight is 402 g/mol. The highest BCUT2D eigenvalue weighted by Crippen LogP contribution is 2.21. The number of aryl methyl sites for hydroxylation is 2. The normalized spacial score (nSPS) is 12.0. The molecule has 0 aliphatic heterocycles. The molecule has 0 spiro atoms. The van der Waals surface area contributed by atoms with Gasteiger partial charge in [-0.2, -0.15) is 0 Å². The second-order valence-electron chi connectivity index (χ2n) is 6.58. The molecule has 9 heteroatoms. The molecule has 0 bridgehead atoms. The SMILES string of the molecule is CCNC(=O)[C@@H](C)NC(=O)COC(=O)/C=C/c1cc(C)n(-c2cc(C)on2)c1C. The van der Waals surface area contributed by atoms with E-state index in [9.17, 15) is 14.4 Å². The molecular formula is C20H26N4O5. The number of esters is 1. The highest BCUT2D eigenvalue weighted by atomic mass is 16.5. The van der Waals surface area contributed by atoms with Gasteiger partial charge in [-0.3, -0.25) is 14.2 Å². The van der Waals surface area contributed by atoms with E-state index < -0.39 is 24.5 Å². The monoisotopic (exact) mass is 402 g/mol. The van der Waals surface area contributed by atoms with Crippen LogP contribution < -0.4 is 10.6 Å². The first kappa shape index (κ1) is 21.9. The molecule has 2 aromatic heterocycles. The molecule has 0 fully saturated rings. The number of likely N-dealkylation sites (N-methyl/N-ethyl adjacent to an activating group) is 1. The predicted octanol–water partition coefficient (Wildman–Crippen LogP) is 1.59. The van der Waals surface area contributed by atoms with Crippen LogP contribution in [-0.2, 0) is 19.1 Å². The standard InChI is InChI=1S/C20H26N4O5/c1-6-21-20(27)14(4)22-18(25)11-28-19(26)8-7-16-9-12(2)24(15(16)5)17-10-13(3)29-23-17/h7-10,14H,6,11H2,1-5H3,(H,21,27)(H,22,25)/b8-7+/t14-/m1/s1. The highest BCUT2D eigenvalue weighted by molar-refractivity contribution is 5.91. The number of ether oxygens (including phenoxy) is 1. The quantitative estimate of drug-likeness (QED) is 0.512. The molecule has 0 unspecified atom stereocenters. The van der Waals surface area contributed by atoms with E-state index in [1.165, 1.54) is 6.08 Å². The molecule has 0 aliphatic carbocycles. The molecule has 2 aromatic rings. The summed E-state index contributed by atoms with van der Waals surface area (Å²) >= 11 is 0. The van der Waals surface area contributed by atoms with E-state index in [2.05, 4.69) is 15.8 Å². The largest absolute Gasteiger partial charge is 0.452 e. The molecular weight excluding hydrogens is 376 g/mol. The Kier molecular flexibility index (Phi) is 7.35. The Morgan fingerprint density at radius 3 is 2.62 bits per heavy atom. The van der Waals surface area contributed by atoms with Crippen molar-refractivity contribution in [1.82, 2.24) is 20.4 Å². The van der Waals surface area contributed by atoms with Crippen molar-refractivity contribution in [2.24, 2.45) is 0 Å². The summed E-state index contributed by atoms with van der Waals surface area (Å²) in [5.74, 6) is -0.145. The van der Waals surface area contributed by atoms with Crippen molar-refractivity contribution in [3.63, 3.8) is 0 Å². The van der Waals surface area contributed by atoms with Crippen molar-refractivity contribution in [3.8, 4) is 5.82 Å². The third-order valence-corrected chi connectivity index (χ3v) is 4.18. The van der Waals surface area contributed by atoms with Gasteiger partial charge in [0.15, 0.2) is 12.4 Å². The van der Waals surface area contributed by atoms with Gasteiger partial charge in [-0.15, -0.1) is 0 Å². The van der Waals surface area contributed by atoms with Gasteiger partial charge in [0, 0.05) is 30.1 Å². The molecule has 156 valence electrons. The van der Waals surface area contributed by atoms with Gasteiger partial charge in [-0.1, -0.05) is 5.16 Å². The Morgan fingerprint density at radius 2 is 2.00 bits per heavy atom. The highest BCUT2D eigenvalue weighted by Gasteiger charge is 2.16. The minimum absolute atomic E-state index is 0.301. The minimum Gasteiger partial charge on any atom is -0.452 e. The number of nitrogens with one attached hydrogen (secondary N) is 2. The Hall–Kier alpha value is -3.36. The van der Waals surface area contributed by atoms with Gasteiger partial charge in [-0.05, 0) is 52.3 Å². The van der Waals surface area contributed by atoms with Crippen LogP contribution in [0, 0.1) is 20.8 Å². The molecule has 2 N–H and O–H groups in total. The minimum atomic E-state index is -0.706. The zero-order valence-corrected chi connectivity index (χ0v) is 17.2. The summed E-state index contributed by atoms with van der Waals surface area (Å²) in [5, 5.41) is 9.07. The first-order chi connectivity index (χ1) is 13.7. The average Bonchev–Trinajstić information content (AvgIpc) is 3.20. The predicted molar refractivity (Wildman–Crippen MR) is 106 cm³/mol. The van der Waals surface area contributed by atoms with Crippen LogP contribution in [0.4, 0.5) is 0 Å². The van der Waals surface area contributed by atoms with Crippen LogP contribution in [-0.4, -0.2) is 46.7 Å². The Balaban J connectivity index is 1.93. The van der Waals surface area contributed by atoms with E-state index in [0.29, 0.717) is 18.1 Å². The molecule has 0 saturated heterocycles. The Morgan fingerprint density at radius 1 is 1.28 bits per heavy atom. The summed E-state index contributed by atoms with van der Waals surface area (Å²) in [6.45, 7) is 8.97. The summed E-state index contributed by atoms with van der Waals surface area (Å²) in [6, 6.07) is 3.02. The smallest absolute Gasteiger partial charge is 0.331 e. The summed E-state index contributed by atoms with van der Waals surface area (Å²) < 4.78 is 12.0. The number of hydrogen-bond acceptors (Lipinski definition) is 6. The van der Waals surface area contributed by atoms with Gasteiger partial charge in [0.1, 0.15) is 11.8 Å². The van der Waals surface area contributed by atoms with Gasteiger partial charge >= 0.3 is 5.97 Å². The maximum absolute atomic E-state index is 11.9. The number of rotatable bonds is 8. The lowest BCUT2D eigenvalue weighted by Crippen LogP contribution is -2.46. The van der Waals surface area contributed by atoms with Crippen molar-refractivity contribution in [1.29, 1.82) is 0 Å². The van der Waals surface area contributed by atoms with E-state index in [1.807, 2.05) is 37.5 Å². The van der Waals surface area contributed by atoms with Crippen LogP contribution in [0.2, 0.25) is 0 Å². The molecule has 0 saturated carbocycles. The van der Waals surface area contributed by atoms with Crippen molar-refractivity contribution in [3.05, 3.63) is 40.9 Å². The fourth-order valence-corrected chi connectivity index (χ4v) is 2.79. The van der Waals surface area contributed by atoms with E-state index >= 15 is 0 Å². The topological polar surface area (TPSA) is 115 Å². The number of hydrogen-bond donors (Lipinski definition) is 2. The third kappa shape index (κ3) is 5.81. The first-order valence-corrected chi connectivity index (χ1v) is 9.27. The number of aromatic nitrogens is 2. The van der Waals surface area contributed by atoms with Crippen molar-refractivity contribution < 1.29 is 23.6 Å². The zero-order valence-electron chi connectivity index (χ0n) is 17.2. The number of amides is 2. The molecule has 2 amide bonds. The molecule has 0 aromatic carbocycles. The number of carbonyl (C=O) groups is 3. The van der Waals surface area contributed by atoms with Gasteiger partial charge in [0.05, 0.1) is 0 Å². The third-order valence-electron chi connectivity index (χ3n) is 4.18. The van der Waals surface area contributed by atoms with Gasteiger partial charge in [0.25, 0.3) is 5.91 Å². The summed E-state index contributed by atoms with van der Waals surface area (Å²) in [7, 11) is 0. The van der Waals surface area contributed by atoms with Crippen LogP contribution in [0.1, 0.15) is 36.6 Å². The molecule has 2 rings (SSSR count). The lowest BCUT2D eigenvalue weighted by Gasteiger charge is -2.12. The fraction of sp³-hybridized carbons (Fsp3) is 0.400. The fourth-order valence-electron chi connectivity index (χ4n) is 2.79. The van der Waals surface area contributed by atoms with Gasteiger partial charge in [-0.25, -0.2) is 4.79 Å². The summed E-state index contributed by atoms with van der Waals surface area (Å²) in [5.41, 5.74) is 2.63. The lowest BCUT2D eigenvalue weighted by atomic mass is 10.2. The van der Waals surface area contributed by atoms with Crippen LogP contribution in [0.5, 0.6) is 0 Å². The van der Waals surface area contributed by atoms with E-state index in [4.69, 9.17) is 9.26 Å². The van der Waals surface area contributed by atoms with Crippen LogP contribution >= 0.6 is 0 Å². The van der Waals surface area contributed by atoms with Crippen molar-refractivity contribution in [2.45, 2.75) is 40.7 Å². The molecule has 29 heavy (non-hydrogen) atoms. The molecule has 9 nitrogen and oxygen atoms in total. The zero-order chi connectivity index (χ0) is 21.6. The number of nitrogens with zero attached hydrogens (tertiary/aromatic N) is 2. The first-order valence-electron chi connectivity index (χ1n) is 9.27. The number of carbonyl (C=O) groups excluding carboxylic acids is 3. The van der Waals surface area contributed by atoms with Crippen molar-refractivity contribution >= 4 is 23.9 Å². The van der Waals surface area contributed by atoms with E-state index in [0.717, 1.165) is 17.0 Å². The van der Waals surface area contributed by atoms with Crippen LogP contribution in [0.3, 0.4) is 0 Å². The van der Waals surface area contributed by atoms with E-state index in [-0.39, 0.29) is 5.91 Å². The van der Waals surface area contributed by atoms with Crippen LogP contribution in [0.25, 0.3) is 11.9 Å². The summed E-state index contributed by atoms with van der Waals surface area (Å²) in [4.78, 5) is 35.3. The maximum atomic E-state index is 11.9. The molecule has 1 atom stereocenters. The van der Waals surface area contributed by atoms with Crippen LogP contribution in [0.15, 0.2) is 22.7 Å². The lowest BCUT2D eigenvalue weighted by molar-refractivity contribution is -0.144. The Labute approximate surface area is 169 Å². The summed E-state index contributed by atoms with van der Waals surface area (Å²) in [6.07, 6.45) is 2.87. The van der Waals surface area contributed by atoms with Gasteiger partial charge in [0.2, 0.25) is 5.91 Å². The second-order valence-corrected chi connectivity index (χ2v) is 6.58.